The molecule has 0 atom stereocenters. The van der Waals surface area contributed by atoms with Crippen molar-refractivity contribution >= 4 is 5.97 Å². The molecule has 0 radical (unpaired) electrons. The number of benzene rings is 1. The third kappa shape index (κ3) is 4.88. The molecule has 0 aliphatic rings. The summed E-state index contributed by atoms with van der Waals surface area (Å²) in [6.45, 7) is 9.02. The maximum absolute atomic E-state index is 11.4. The first kappa shape index (κ1) is 14.7. The molecule has 0 aliphatic heterocycles. The van der Waals surface area contributed by atoms with E-state index in [9.17, 15) is 4.79 Å². The largest absolute Gasteiger partial charge is 0.462 e. The number of ether oxygens (including phenoxy) is 1. The third-order valence-corrected chi connectivity index (χ3v) is 2.76. The Bertz CT molecular complexity index is 371. The van der Waals surface area contributed by atoms with Crippen molar-refractivity contribution < 1.29 is 9.53 Å². The molecule has 0 unspecified atom stereocenters. The number of hydrogen-bond acceptors (Lipinski definition) is 3. The fraction of sp³-hybridized carbons (Fsp3) is 0.533. The average molecular weight is 249 g/mol. The Morgan fingerprint density at radius 3 is 2.44 bits per heavy atom. The van der Waals surface area contributed by atoms with E-state index in [-0.39, 0.29) is 24.0 Å². The van der Waals surface area contributed by atoms with Gasteiger partial charge in [0.2, 0.25) is 0 Å². The Morgan fingerprint density at radius 1 is 1.28 bits per heavy atom. The van der Waals surface area contributed by atoms with E-state index in [0.717, 1.165) is 6.54 Å². The highest BCUT2D eigenvalue weighted by atomic mass is 16.5. The molecule has 18 heavy (non-hydrogen) atoms. The summed E-state index contributed by atoms with van der Waals surface area (Å²) in [5, 5.41) is 3.15. The predicted molar refractivity (Wildman–Crippen MR) is 73.6 cm³/mol. The molecule has 3 heteroatoms. The SMILES string of the molecule is CC(C)OC(=O)CNCC(C)(C)c1ccccc1. The van der Waals surface area contributed by atoms with Gasteiger partial charge in [-0.05, 0) is 19.4 Å². The van der Waals surface area contributed by atoms with Gasteiger partial charge in [-0.15, -0.1) is 0 Å². The minimum absolute atomic E-state index is 0.000624. The summed E-state index contributed by atoms with van der Waals surface area (Å²) in [5.41, 5.74) is 1.26. The van der Waals surface area contributed by atoms with Gasteiger partial charge in [0, 0.05) is 12.0 Å². The first-order valence-electron chi connectivity index (χ1n) is 6.37. The highest BCUT2D eigenvalue weighted by Gasteiger charge is 2.20. The summed E-state index contributed by atoms with van der Waals surface area (Å²) in [6.07, 6.45) is -0.0542. The van der Waals surface area contributed by atoms with E-state index in [0.29, 0.717) is 0 Å². The van der Waals surface area contributed by atoms with Gasteiger partial charge < -0.3 is 10.1 Å². The van der Waals surface area contributed by atoms with Crippen molar-refractivity contribution in [1.29, 1.82) is 0 Å². The molecule has 0 aromatic heterocycles. The fourth-order valence-corrected chi connectivity index (χ4v) is 1.77. The van der Waals surface area contributed by atoms with Crippen LogP contribution in [-0.4, -0.2) is 25.2 Å². The van der Waals surface area contributed by atoms with Crippen LogP contribution in [0.3, 0.4) is 0 Å². The van der Waals surface area contributed by atoms with Crippen LogP contribution in [0.15, 0.2) is 30.3 Å². The molecule has 3 nitrogen and oxygen atoms in total. The van der Waals surface area contributed by atoms with Gasteiger partial charge >= 0.3 is 5.97 Å². The molecule has 0 aliphatic carbocycles. The number of hydrogen-bond donors (Lipinski definition) is 1. The lowest BCUT2D eigenvalue weighted by atomic mass is 9.85. The van der Waals surface area contributed by atoms with Gasteiger partial charge in [0.15, 0.2) is 0 Å². The smallest absolute Gasteiger partial charge is 0.320 e. The maximum atomic E-state index is 11.4. The normalized spacial score (nSPS) is 11.6. The average Bonchev–Trinajstić information content (AvgIpc) is 2.29. The first-order valence-corrected chi connectivity index (χ1v) is 6.37. The number of rotatable bonds is 6. The van der Waals surface area contributed by atoms with Crippen LogP contribution >= 0.6 is 0 Å². The summed E-state index contributed by atoms with van der Waals surface area (Å²) in [5.74, 6) is -0.200. The van der Waals surface area contributed by atoms with Crippen molar-refractivity contribution in [3.63, 3.8) is 0 Å². The topological polar surface area (TPSA) is 38.3 Å². The number of esters is 1. The van der Waals surface area contributed by atoms with Crippen molar-refractivity contribution in [2.24, 2.45) is 0 Å². The highest BCUT2D eigenvalue weighted by molar-refractivity contribution is 5.71. The summed E-state index contributed by atoms with van der Waals surface area (Å²) in [4.78, 5) is 11.4. The van der Waals surface area contributed by atoms with Gasteiger partial charge in [0.05, 0.1) is 12.6 Å². The lowest BCUT2D eigenvalue weighted by Gasteiger charge is -2.25. The second-order valence-electron chi connectivity index (χ2n) is 5.39. The zero-order valence-corrected chi connectivity index (χ0v) is 11.7. The Labute approximate surface area is 110 Å². The van der Waals surface area contributed by atoms with Crippen LogP contribution in [0.1, 0.15) is 33.3 Å². The third-order valence-electron chi connectivity index (χ3n) is 2.76. The van der Waals surface area contributed by atoms with Gasteiger partial charge in [0.1, 0.15) is 0 Å². The maximum Gasteiger partial charge on any atom is 0.320 e. The highest BCUT2D eigenvalue weighted by Crippen LogP contribution is 2.21. The number of nitrogens with one attached hydrogen (secondary N) is 1. The molecule has 0 heterocycles. The van der Waals surface area contributed by atoms with E-state index in [1.807, 2.05) is 32.0 Å². The van der Waals surface area contributed by atoms with Crippen LogP contribution in [-0.2, 0) is 14.9 Å². The lowest BCUT2D eigenvalue weighted by molar-refractivity contribution is -0.146. The Morgan fingerprint density at radius 2 is 1.89 bits per heavy atom. The molecule has 0 amide bonds. The molecule has 0 bridgehead atoms. The Kier molecular flexibility index (Phi) is 5.35. The standard InChI is InChI=1S/C15H23NO2/c1-12(2)18-14(17)10-16-11-15(3,4)13-8-6-5-7-9-13/h5-9,12,16H,10-11H2,1-4H3. The van der Waals surface area contributed by atoms with Crippen LogP contribution < -0.4 is 5.32 Å². The second kappa shape index (κ2) is 6.55. The minimum Gasteiger partial charge on any atom is -0.462 e. The van der Waals surface area contributed by atoms with Gasteiger partial charge in [-0.1, -0.05) is 44.2 Å². The van der Waals surface area contributed by atoms with E-state index in [1.54, 1.807) is 0 Å². The lowest BCUT2D eigenvalue weighted by Crippen LogP contribution is -2.36. The molecule has 0 spiro atoms. The molecule has 100 valence electrons. The van der Waals surface area contributed by atoms with E-state index < -0.39 is 0 Å². The van der Waals surface area contributed by atoms with Crippen LogP contribution in [0.4, 0.5) is 0 Å². The van der Waals surface area contributed by atoms with Crippen molar-refractivity contribution in [1.82, 2.24) is 5.32 Å². The minimum atomic E-state index is -0.200. The second-order valence-corrected chi connectivity index (χ2v) is 5.39. The predicted octanol–water partition coefficient (Wildman–Crippen LogP) is 2.51. The molecule has 0 saturated heterocycles. The van der Waals surface area contributed by atoms with Crippen molar-refractivity contribution in [2.75, 3.05) is 13.1 Å². The van der Waals surface area contributed by atoms with Crippen molar-refractivity contribution in [3.05, 3.63) is 35.9 Å². The van der Waals surface area contributed by atoms with E-state index in [2.05, 4.69) is 31.3 Å². The zero-order valence-electron chi connectivity index (χ0n) is 11.7. The Balaban J connectivity index is 2.41. The van der Waals surface area contributed by atoms with Crippen LogP contribution in [0.25, 0.3) is 0 Å². The number of carbonyl (C=O) groups excluding carboxylic acids is 1. The van der Waals surface area contributed by atoms with E-state index >= 15 is 0 Å². The molecule has 0 saturated carbocycles. The van der Waals surface area contributed by atoms with Crippen molar-refractivity contribution in [3.8, 4) is 0 Å². The van der Waals surface area contributed by atoms with Gasteiger partial charge in [-0.3, -0.25) is 4.79 Å². The van der Waals surface area contributed by atoms with Gasteiger partial charge in [-0.25, -0.2) is 0 Å². The monoisotopic (exact) mass is 249 g/mol. The molecule has 0 fully saturated rings. The summed E-state index contributed by atoms with van der Waals surface area (Å²) in [6, 6.07) is 10.3. The Hall–Kier alpha value is -1.35. The van der Waals surface area contributed by atoms with Crippen LogP contribution in [0, 0.1) is 0 Å². The van der Waals surface area contributed by atoms with Crippen LogP contribution in [0.2, 0.25) is 0 Å². The van der Waals surface area contributed by atoms with E-state index in [4.69, 9.17) is 4.74 Å². The molecule has 1 rings (SSSR count). The summed E-state index contributed by atoms with van der Waals surface area (Å²) < 4.78 is 5.07. The van der Waals surface area contributed by atoms with Gasteiger partial charge in [-0.2, -0.15) is 0 Å². The zero-order chi connectivity index (χ0) is 13.6. The first-order chi connectivity index (χ1) is 8.42. The van der Waals surface area contributed by atoms with Crippen LogP contribution in [0.5, 0.6) is 0 Å². The fourth-order valence-electron chi connectivity index (χ4n) is 1.77. The molecular weight excluding hydrogens is 226 g/mol. The van der Waals surface area contributed by atoms with Crippen molar-refractivity contribution in [2.45, 2.75) is 39.2 Å². The molecule has 1 aromatic rings. The summed E-state index contributed by atoms with van der Waals surface area (Å²) in [7, 11) is 0. The molecule has 1 aromatic carbocycles. The van der Waals surface area contributed by atoms with E-state index in [1.165, 1.54) is 5.56 Å². The molecule has 1 N–H and O–H groups in total. The summed E-state index contributed by atoms with van der Waals surface area (Å²) >= 11 is 0. The quantitative estimate of drug-likeness (QED) is 0.787. The van der Waals surface area contributed by atoms with Gasteiger partial charge in [0.25, 0.3) is 0 Å². The number of carbonyl (C=O) groups is 1. The molecular formula is C15H23NO2.